The summed E-state index contributed by atoms with van der Waals surface area (Å²) in [6, 6.07) is 0. The molecule has 106 valence electrons. The van der Waals surface area contributed by atoms with E-state index in [0.29, 0.717) is 5.92 Å². The normalized spacial score (nSPS) is 17.8. The number of hydrogen-bond donors (Lipinski definition) is 0. The molecule has 5 heteroatoms. The van der Waals surface area contributed by atoms with E-state index in [0.717, 1.165) is 42.9 Å². The van der Waals surface area contributed by atoms with Gasteiger partial charge in [-0.15, -0.1) is 0 Å². The minimum atomic E-state index is 0.137. The minimum Gasteiger partial charge on any atom is -0.341 e. The van der Waals surface area contributed by atoms with E-state index >= 15 is 0 Å². The zero-order valence-electron chi connectivity index (χ0n) is 11.9. The number of carbonyl (C=O) groups excluding carboxylic acids is 1. The second kappa shape index (κ2) is 5.40. The summed E-state index contributed by atoms with van der Waals surface area (Å²) in [6.07, 6.45) is 5.98. The summed E-state index contributed by atoms with van der Waals surface area (Å²) in [5.74, 6) is 1.80. The van der Waals surface area contributed by atoms with E-state index in [2.05, 4.69) is 9.55 Å². The molecule has 0 N–H and O–H groups in total. The first-order chi connectivity index (χ1) is 9.65. The van der Waals surface area contributed by atoms with Crippen LogP contribution in [0.15, 0.2) is 23.2 Å². The summed E-state index contributed by atoms with van der Waals surface area (Å²) in [5.41, 5.74) is 1.92. The summed E-state index contributed by atoms with van der Waals surface area (Å²) < 4.78 is 2.21. The fourth-order valence-corrected chi connectivity index (χ4v) is 3.65. The summed E-state index contributed by atoms with van der Waals surface area (Å²) in [4.78, 5) is 18.7. The Kier molecular flexibility index (Phi) is 3.61. The van der Waals surface area contributed by atoms with Crippen LogP contribution in [-0.2, 0) is 13.0 Å². The Hall–Kier alpha value is -1.62. The van der Waals surface area contributed by atoms with Gasteiger partial charge in [0.1, 0.15) is 5.82 Å². The van der Waals surface area contributed by atoms with Crippen LogP contribution in [0, 0.1) is 12.8 Å². The Morgan fingerprint density at radius 1 is 1.55 bits per heavy atom. The molecule has 4 nitrogen and oxygen atoms in total. The first-order valence-electron chi connectivity index (χ1n) is 6.93. The number of nitrogens with zero attached hydrogens (tertiary/aromatic N) is 3. The number of hydrogen-bond acceptors (Lipinski definition) is 3. The molecule has 1 atom stereocenters. The lowest BCUT2D eigenvalue weighted by Crippen LogP contribution is -2.35. The third-order valence-corrected chi connectivity index (χ3v) is 4.88. The first kappa shape index (κ1) is 13.4. The Labute approximate surface area is 123 Å². The molecule has 0 aliphatic carbocycles. The first-order valence-corrected chi connectivity index (χ1v) is 7.87. The quantitative estimate of drug-likeness (QED) is 0.871. The van der Waals surface area contributed by atoms with E-state index in [1.54, 1.807) is 11.3 Å². The van der Waals surface area contributed by atoms with Crippen molar-refractivity contribution in [2.24, 2.45) is 5.92 Å². The lowest BCUT2D eigenvalue weighted by Gasteiger charge is -2.27. The number of carbonyl (C=O) groups is 1. The summed E-state index contributed by atoms with van der Waals surface area (Å²) in [5, 5.41) is 3.97. The van der Waals surface area contributed by atoms with Crippen molar-refractivity contribution in [1.29, 1.82) is 0 Å². The molecule has 0 bridgehead atoms. The highest BCUT2D eigenvalue weighted by Crippen LogP contribution is 2.21. The summed E-state index contributed by atoms with van der Waals surface area (Å²) in [6.45, 7) is 3.81. The number of aromatic nitrogens is 2. The van der Waals surface area contributed by atoms with Gasteiger partial charge < -0.3 is 9.47 Å². The molecule has 0 unspecified atom stereocenters. The second-order valence-corrected chi connectivity index (χ2v) is 6.29. The number of rotatable bonds is 3. The van der Waals surface area contributed by atoms with Gasteiger partial charge in [0, 0.05) is 44.3 Å². The molecule has 2 aromatic heterocycles. The van der Waals surface area contributed by atoms with Crippen LogP contribution in [0.25, 0.3) is 0 Å². The Morgan fingerprint density at radius 2 is 2.40 bits per heavy atom. The van der Waals surface area contributed by atoms with Crippen molar-refractivity contribution >= 4 is 17.2 Å². The van der Waals surface area contributed by atoms with Crippen molar-refractivity contribution in [3.63, 3.8) is 0 Å². The maximum atomic E-state index is 12.4. The monoisotopic (exact) mass is 289 g/mol. The van der Waals surface area contributed by atoms with Crippen molar-refractivity contribution in [1.82, 2.24) is 14.5 Å². The van der Waals surface area contributed by atoms with Gasteiger partial charge in [-0.25, -0.2) is 4.98 Å². The molecule has 3 rings (SSSR count). The van der Waals surface area contributed by atoms with Gasteiger partial charge in [-0.1, -0.05) is 0 Å². The highest BCUT2D eigenvalue weighted by Gasteiger charge is 2.23. The molecule has 0 saturated heterocycles. The maximum absolute atomic E-state index is 12.4. The molecule has 0 spiro atoms. The van der Waals surface area contributed by atoms with Crippen LogP contribution in [0.3, 0.4) is 0 Å². The van der Waals surface area contributed by atoms with Crippen LogP contribution in [0.5, 0.6) is 0 Å². The van der Waals surface area contributed by atoms with Crippen LogP contribution in [-0.4, -0.2) is 34.0 Å². The van der Waals surface area contributed by atoms with E-state index in [-0.39, 0.29) is 5.91 Å². The van der Waals surface area contributed by atoms with Gasteiger partial charge in [-0.05, 0) is 30.2 Å². The largest absolute Gasteiger partial charge is 0.341 e. The third-order valence-electron chi connectivity index (χ3n) is 4.02. The van der Waals surface area contributed by atoms with Crippen molar-refractivity contribution in [3.8, 4) is 0 Å². The average molecular weight is 289 g/mol. The van der Waals surface area contributed by atoms with Gasteiger partial charge in [0.25, 0.3) is 5.91 Å². The van der Waals surface area contributed by atoms with Crippen LogP contribution >= 0.6 is 11.3 Å². The van der Waals surface area contributed by atoms with E-state index < -0.39 is 0 Å². The van der Waals surface area contributed by atoms with Gasteiger partial charge in [-0.2, -0.15) is 11.3 Å². The molecule has 2 aromatic rings. The average Bonchev–Trinajstić information content (AvgIpc) is 3.05. The number of imidazole rings is 1. The Bertz CT molecular complexity index is 616. The van der Waals surface area contributed by atoms with E-state index in [4.69, 9.17) is 0 Å². The Morgan fingerprint density at radius 3 is 3.15 bits per heavy atom. The molecule has 20 heavy (non-hydrogen) atoms. The van der Waals surface area contributed by atoms with Gasteiger partial charge in [0.05, 0.1) is 5.56 Å². The molecule has 0 radical (unpaired) electrons. The van der Waals surface area contributed by atoms with Crippen LogP contribution in [0.1, 0.15) is 28.2 Å². The lowest BCUT2D eigenvalue weighted by atomic mass is 9.97. The topological polar surface area (TPSA) is 38.1 Å². The summed E-state index contributed by atoms with van der Waals surface area (Å²) >= 11 is 1.59. The number of aryl methyl sites for hydroxylation is 2. The minimum absolute atomic E-state index is 0.137. The summed E-state index contributed by atoms with van der Waals surface area (Å²) in [7, 11) is 1.90. The van der Waals surface area contributed by atoms with Crippen molar-refractivity contribution in [2.45, 2.75) is 26.3 Å². The van der Waals surface area contributed by atoms with E-state index in [1.165, 1.54) is 0 Å². The SMILES string of the molecule is Cc1cscc1C(=O)N(C)C[C@H]1CCn2ccnc2C1. The molecule has 1 aliphatic heterocycles. The molecule has 0 saturated carbocycles. The fraction of sp³-hybridized carbons (Fsp3) is 0.467. The molecule has 3 heterocycles. The lowest BCUT2D eigenvalue weighted by molar-refractivity contribution is 0.0764. The molecule has 0 fully saturated rings. The van der Waals surface area contributed by atoms with Crippen molar-refractivity contribution in [2.75, 3.05) is 13.6 Å². The van der Waals surface area contributed by atoms with Crippen molar-refractivity contribution in [3.05, 3.63) is 40.1 Å². The standard InChI is InChI=1S/C15H19N3OS/c1-11-9-20-10-13(11)15(19)17(2)8-12-3-5-18-6-4-16-14(18)7-12/h4,6,9-10,12H,3,5,7-8H2,1-2H3/t12-/m0/s1. The third kappa shape index (κ3) is 2.50. The van der Waals surface area contributed by atoms with Gasteiger partial charge in [0.15, 0.2) is 0 Å². The number of thiophene rings is 1. The van der Waals surface area contributed by atoms with Crippen LogP contribution < -0.4 is 0 Å². The van der Waals surface area contributed by atoms with E-state index in [9.17, 15) is 4.79 Å². The van der Waals surface area contributed by atoms with Gasteiger partial charge >= 0.3 is 0 Å². The zero-order valence-corrected chi connectivity index (χ0v) is 12.7. The maximum Gasteiger partial charge on any atom is 0.254 e. The fourth-order valence-electron chi connectivity index (χ4n) is 2.83. The predicted molar refractivity (Wildman–Crippen MR) is 80.1 cm³/mol. The molecular weight excluding hydrogens is 270 g/mol. The van der Waals surface area contributed by atoms with Crippen LogP contribution in [0.4, 0.5) is 0 Å². The predicted octanol–water partition coefficient (Wildman–Crippen LogP) is 2.59. The second-order valence-electron chi connectivity index (χ2n) is 5.55. The number of fused-ring (bicyclic) bond motifs is 1. The van der Waals surface area contributed by atoms with Gasteiger partial charge in [0.2, 0.25) is 0 Å². The highest BCUT2D eigenvalue weighted by molar-refractivity contribution is 7.08. The molecular formula is C15H19N3OS. The van der Waals surface area contributed by atoms with Crippen LogP contribution in [0.2, 0.25) is 0 Å². The zero-order chi connectivity index (χ0) is 14.1. The van der Waals surface area contributed by atoms with E-state index in [1.807, 2.05) is 42.0 Å². The van der Waals surface area contributed by atoms with Crippen molar-refractivity contribution < 1.29 is 4.79 Å². The highest BCUT2D eigenvalue weighted by atomic mass is 32.1. The Balaban J connectivity index is 1.64. The van der Waals surface area contributed by atoms with Gasteiger partial charge in [-0.3, -0.25) is 4.79 Å². The molecule has 1 aliphatic rings. The smallest absolute Gasteiger partial charge is 0.254 e. The molecule has 0 aromatic carbocycles. The molecule has 1 amide bonds. The number of amides is 1.